The van der Waals surface area contributed by atoms with E-state index in [1.54, 1.807) is 0 Å². The lowest BCUT2D eigenvalue weighted by atomic mass is 10.0. The van der Waals surface area contributed by atoms with E-state index in [9.17, 15) is 9.59 Å². The molecular formula is C14H27NO3. The molecule has 106 valence electrons. The number of hydrogen-bond donors (Lipinski definition) is 1. The van der Waals surface area contributed by atoms with Crippen LogP contribution in [-0.4, -0.2) is 23.5 Å². The van der Waals surface area contributed by atoms with Crippen LogP contribution in [-0.2, 0) is 14.3 Å². The second kappa shape index (κ2) is 7.39. The highest BCUT2D eigenvalue weighted by molar-refractivity contribution is 5.84. The fraction of sp³-hybridized carbons (Fsp3) is 0.857. The first kappa shape index (κ1) is 16.9. The van der Waals surface area contributed by atoms with E-state index in [-0.39, 0.29) is 17.8 Å². The van der Waals surface area contributed by atoms with Crippen LogP contribution in [0.5, 0.6) is 0 Å². The Kier molecular flexibility index (Phi) is 6.96. The van der Waals surface area contributed by atoms with Gasteiger partial charge in [-0.05, 0) is 33.1 Å². The second-order valence-corrected chi connectivity index (χ2v) is 5.93. The summed E-state index contributed by atoms with van der Waals surface area (Å²) in [6.07, 6.45) is 2.26. The Morgan fingerprint density at radius 3 is 2.17 bits per heavy atom. The van der Waals surface area contributed by atoms with Crippen LogP contribution in [0.4, 0.5) is 0 Å². The monoisotopic (exact) mass is 257 g/mol. The Morgan fingerprint density at radius 2 is 1.78 bits per heavy atom. The van der Waals surface area contributed by atoms with Gasteiger partial charge in [-0.1, -0.05) is 27.2 Å². The Bertz CT molecular complexity index is 279. The highest BCUT2D eigenvalue weighted by Gasteiger charge is 2.28. The molecule has 4 heteroatoms. The van der Waals surface area contributed by atoms with Crippen molar-refractivity contribution in [3.8, 4) is 0 Å². The van der Waals surface area contributed by atoms with Crippen molar-refractivity contribution in [2.75, 3.05) is 0 Å². The molecule has 1 N–H and O–H groups in total. The molecule has 0 saturated carbocycles. The molecule has 0 unspecified atom stereocenters. The molecule has 0 aliphatic heterocycles. The van der Waals surface area contributed by atoms with Gasteiger partial charge in [0.25, 0.3) is 0 Å². The van der Waals surface area contributed by atoms with Crippen molar-refractivity contribution in [3.63, 3.8) is 0 Å². The third-order valence-corrected chi connectivity index (χ3v) is 2.40. The fourth-order valence-corrected chi connectivity index (χ4v) is 1.45. The van der Waals surface area contributed by atoms with Gasteiger partial charge in [-0.3, -0.25) is 4.79 Å². The first-order valence-corrected chi connectivity index (χ1v) is 6.69. The summed E-state index contributed by atoms with van der Waals surface area (Å²) in [4.78, 5) is 23.6. The maximum absolute atomic E-state index is 12.0. The zero-order chi connectivity index (χ0) is 14.3. The second-order valence-electron chi connectivity index (χ2n) is 5.93. The molecule has 0 aromatic carbocycles. The molecule has 0 radical (unpaired) electrons. The molecule has 0 fully saturated rings. The van der Waals surface area contributed by atoms with Crippen molar-refractivity contribution in [2.45, 2.75) is 72.4 Å². The molecular weight excluding hydrogens is 230 g/mol. The van der Waals surface area contributed by atoms with Gasteiger partial charge in [-0.25, -0.2) is 4.79 Å². The summed E-state index contributed by atoms with van der Waals surface area (Å²) in [5, 5.41) is 2.76. The van der Waals surface area contributed by atoms with Gasteiger partial charge in [-0.15, -0.1) is 0 Å². The molecule has 0 bridgehead atoms. The third kappa shape index (κ3) is 7.30. The molecule has 0 saturated heterocycles. The Labute approximate surface area is 110 Å². The maximum Gasteiger partial charge on any atom is 0.329 e. The summed E-state index contributed by atoms with van der Waals surface area (Å²) in [6.45, 7) is 11.3. The van der Waals surface area contributed by atoms with Gasteiger partial charge in [0, 0.05) is 6.42 Å². The van der Waals surface area contributed by atoms with E-state index < -0.39 is 11.6 Å². The van der Waals surface area contributed by atoms with E-state index >= 15 is 0 Å². The number of nitrogens with one attached hydrogen (secondary N) is 1. The number of ether oxygens (including phenoxy) is 1. The average Bonchev–Trinajstić information content (AvgIpc) is 2.19. The van der Waals surface area contributed by atoms with Gasteiger partial charge in [0.05, 0.1) is 0 Å². The van der Waals surface area contributed by atoms with Crippen molar-refractivity contribution < 1.29 is 14.3 Å². The van der Waals surface area contributed by atoms with Crippen LogP contribution in [0.25, 0.3) is 0 Å². The average molecular weight is 257 g/mol. The highest BCUT2D eigenvalue weighted by atomic mass is 16.6. The molecule has 1 atom stereocenters. The van der Waals surface area contributed by atoms with Crippen molar-refractivity contribution in [2.24, 2.45) is 5.92 Å². The molecule has 1 amide bonds. The van der Waals surface area contributed by atoms with E-state index in [0.717, 1.165) is 12.8 Å². The van der Waals surface area contributed by atoms with Crippen LogP contribution in [0.2, 0.25) is 0 Å². The van der Waals surface area contributed by atoms with Crippen LogP contribution >= 0.6 is 0 Å². The van der Waals surface area contributed by atoms with Gasteiger partial charge in [-0.2, -0.15) is 0 Å². The minimum Gasteiger partial charge on any atom is -0.458 e. The lowest BCUT2D eigenvalue weighted by Gasteiger charge is -2.26. The van der Waals surface area contributed by atoms with E-state index in [2.05, 4.69) is 5.32 Å². The predicted molar refractivity (Wildman–Crippen MR) is 72.1 cm³/mol. The molecule has 0 spiro atoms. The first-order valence-electron chi connectivity index (χ1n) is 6.69. The Hall–Kier alpha value is -1.06. The lowest BCUT2D eigenvalue weighted by Crippen LogP contribution is -2.47. The number of carbonyl (C=O) groups excluding carboxylic acids is 2. The minimum atomic E-state index is -0.561. The molecule has 0 rings (SSSR count). The number of hydrogen-bond acceptors (Lipinski definition) is 3. The smallest absolute Gasteiger partial charge is 0.329 e. The minimum absolute atomic E-state index is 0.0189. The SMILES string of the molecule is CCCCC(=O)N[C@@H](C(=O)OC(C)(C)C)C(C)C. The standard InChI is InChI=1S/C14H27NO3/c1-7-8-9-11(16)15-12(10(2)3)13(17)18-14(4,5)6/h10,12H,7-9H2,1-6H3,(H,15,16)/t12-/m1/s1. The number of unbranched alkanes of at least 4 members (excludes halogenated alkanes) is 1. The van der Waals surface area contributed by atoms with E-state index in [0.29, 0.717) is 6.42 Å². The lowest BCUT2D eigenvalue weighted by molar-refractivity contribution is -0.160. The van der Waals surface area contributed by atoms with Crippen LogP contribution in [0.15, 0.2) is 0 Å². The van der Waals surface area contributed by atoms with Gasteiger partial charge in [0.2, 0.25) is 5.91 Å². The topological polar surface area (TPSA) is 55.4 Å². The van der Waals surface area contributed by atoms with Gasteiger partial charge < -0.3 is 10.1 Å². The fourth-order valence-electron chi connectivity index (χ4n) is 1.45. The zero-order valence-electron chi connectivity index (χ0n) is 12.5. The molecule has 0 aliphatic rings. The third-order valence-electron chi connectivity index (χ3n) is 2.40. The summed E-state index contributed by atoms with van der Waals surface area (Å²) >= 11 is 0. The van der Waals surface area contributed by atoms with E-state index in [1.807, 2.05) is 41.5 Å². The summed E-state index contributed by atoms with van der Waals surface area (Å²) in [7, 11) is 0. The van der Waals surface area contributed by atoms with Crippen molar-refractivity contribution in [3.05, 3.63) is 0 Å². The zero-order valence-corrected chi connectivity index (χ0v) is 12.5. The van der Waals surface area contributed by atoms with E-state index in [4.69, 9.17) is 4.74 Å². The number of rotatable bonds is 6. The van der Waals surface area contributed by atoms with Gasteiger partial charge in [0.1, 0.15) is 11.6 Å². The van der Waals surface area contributed by atoms with Crippen LogP contribution < -0.4 is 5.32 Å². The molecule has 18 heavy (non-hydrogen) atoms. The highest BCUT2D eigenvalue weighted by Crippen LogP contribution is 2.12. The quantitative estimate of drug-likeness (QED) is 0.744. The number of amides is 1. The van der Waals surface area contributed by atoms with Gasteiger partial charge >= 0.3 is 5.97 Å². The molecule has 0 aromatic rings. The largest absolute Gasteiger partial charge is 0.458 e. The Morgan fingerprint density at radius 1 is 1.22 bits per heavy atom. The van der Waals surface area contributed by atoms with E-state index in [1.165, 1.54) is 0 Å². The summed E-state index contributed by atoms with van der Waals surface area (Å²) in [5.74, 6) is -0.422. The first-order chi connectivity index (χ1) is 8.17. The number of carbonyl (C=O) groups is 2. The molecule has 0 aliphatic carbocycles. The molecule has 0 heterocycles. The van der Waals surface area contributed by atoms with Gasteiger partial charge in [0.15, 0.2) is 0 Å². The van der Waals surface area contributed by atoms with Crippen LogP contribution in [0.3, 0.4) is 0 Å². The maximum atomic E-state index is 12.0. The summed E-state index contributed by atoms with van der Waals surface area (Å²) in [6, 6.07) is -0.561. The van der Waals surface area contributed by atoms with Crippen LogP contribution in [0, 0.1) is 5.92 Å². The van der Waals surface area contributed by atoms with Crippen molar-refractivity contribution in [1.82, 2.24) is 5.32 Å². The Balaban J connectivity index is 4.48. The number of esters is 1. The predicted octanol–water partition coefficient (Wildman–Crippen LogP) is 2.66. The van der Waals surface area contributed by atoms with Crippen LogP contribution in [0.1, 0.15) is 60.8 Å². The summed E-state index contributed by atoms with van der Waals surface area (Å²) in [5.41, 5.74) is -0.529. The van der Waals surface area contributed by atoms with Crippen molar-refractivity contribution >= 4 is 11.9 Å². The normalized spacial score (nSPS) is 13.3. The van der Waals surface area contributed by atoms with Crippen molar-refractivity contribution in [1.29, 1.82) is 0 Å². The molecule has 0 aromatic heterocycles. The molecule has 4 nitrogen and oxygen atoms in total. The summed E-state index contributed by atoms with van der Waals surface area (Å²) < 4.78 is 5.31.